The van der Waals surface area contributed by atoms with Crippen molar-refractivity contribution in [2.45, 2.75) is 0 Å². The second-order valence-corrected chi connectivity index (χ2v) is 4.40. The summed E-state index contributed by atoms with van der Waals surface area (Å²) in [6.07, 6.45) is 1.75. The third kappa shape index (κ3) is 2.03. The molecular formula is C13H8BrN3. The maximum Gasteiger partial charge on any atom is 0.108 e. The molecule has 0 aliphatic carbocycles. The minimum absolute atomic E-state index is 0.782. The monoisotopic (exact) mass is 285 g/mol. The molecule has 2 heterocycles. The fourth-order valence-electron chi connectivity index (χ4n) is 1.63. The number of nitrogens with zero attached hydrogens (tertiary/aromatic N) is 3. The molecule has 0 saturated heterocycles. The van der Waals surface area contributed by atoms with E-state index in [0.717, 1.165) is 27.0 Å². The molecule has 0 radical (unpaired) electrons. The lowest BCUT2D eigenvalue weighted by Gasteiger charge is -2.02. The third-order valence-electron chi connectivity index (χ3n) is 2.43. The zero-order valence-electron chi connectivity index (χ0n) is 8.84. The predicted octanol–water partition coefficient (Wildman–Crippen LogP) is 3.45. The smallest absolute Gasteiger partial charge is 0.108 e. The van der Waals surface area contributed by atoms with Crippen molar-refractivity contribution in [3.8, 4) is 11.4 Å². The van der Waals surface area contributed by atoms with E-state index in [1.807, 2.05) is 42.5 Å². The molecule has 0 fully saturated rings. The Morgan fingerprint density at radius 3 is 2.41 bits per heavy atom. The van der Waals surface area contributed by atoms with Crippen molar-refractivity contribution >= 4 is 27.0 Å². The Balaban J connectivity index is 2.18. The number of benzene rings is 1. The number of hydrogen-bond acceptors (Lipinski definition) is 3. The lowest BCUT2D eigenvalue weighted by Crippen LogP contribution is -1.90. The van der Waals surface area contributed by atoms with E-state index in [9.17, 15) is 0 Å². The number of fused-ring (bicyclic) bond motifs is 1. The van der Waals surface area contributed by atoms with Crippen LogP contribution in [0.1, 0.15) is 0 Å². The molecular weight excluding hydrogens is 278 g/mol. The highest BCUT2D eigenvalue weighted by atomic mass is 79.9. The van der Waals surface area contributed by atoms with Crippen LogP contribution in [-0.4, -0.2) is 15.0 Å². The quantitative estimate of drug-likeness (QED) is 0.643. The van der Waals surface area contributed by atoms with Crippen molar-refractivity contribution in [2.24, 2.45) is 0 Å². The zero-order valence-corrected chi connectivity index (χ0v) is 10.4. The Bertz CT molecular complexity index is 682. The van der Waals surface area contributed by atoms with Crippen LogP contribution in [0.3, 0.4) is 0 Å². The van der Waals surface area contributed by atoms with Crippen molar-refractivity contribution in [2.75, 3.05) is 0 Å². The molecule has 0 atom stereocenters. The highest BCUT2D eigenvalue weighted by molar-refractivity contribution is 9.10. The summed E-state index contributed by atoms with van der Waals surface area (Å²) in [7, 11) is 0. The van der Waals surface area contributed by atoms with Crippen LogP contribution < -0.4 is 0 Å². The van der Waals surface area contributed by atoms with Gasteiger partial charge in [0.05, 0.1) is 22.9 Å². The molecule has 4 heteroatoms. The highest BCUT2D eigenvalue weighted by Gasteiger charge is 2.03. The Hall–Kier alpha value is -1.81. The summed E-state index contributed by atoms with van der Waals surface area (Å²) in [4.78, 5) is 13.3. The first-order valence-corrected chi connectivity index (χ1v) is 5.97. The molecule has 0 unspecified atom stereocenters. The summed E-state index contributed by atoms with van der Waals surface area (Å²) < 4.78 is 0.796. The van der Waals surface area contributed by atoms with E-state index in [-0.39, 0.29) is 0 Å². The number of hydrogen-bond donors (Lipinski definition) is 0. The molecule has 17 heavy (non-hydrogen) atoms. The molecule has 0 bridgehead atoms. The van der Waals surface area contributed by atoms with Crippen LogP contribution in [0.25, 0.3) is 22.4 Å². The Morgan fingerprint density at radius 2 is 1.59 bits per heavy atom. The molecule has 0 aliphatic heterocycles. The molecule has 0 spiro atoms. The van der Waals surface area contributed by atoms with E-state index in [1.54, 1.807) is 6.20 Å². The lowest BCUT2D eigenvalue weighted by molar-refractivity contribution is 1.21. The molecule has 0 saturated carbocycles. The van der Waals surface area contributed by atoms with Gasteiger partial charge in [0.15, 0.2) is 0 Å². The van der Waals surface area contributed by atoms with Crippen LogP contribution in [0.15, 0.2) is 53.3 Å². The molecule has 3 nitrogen and oxygen atoms in total. The van der Waals surface area contributed by atoms with Gasteiger partial charge in [0.1, 0.15) is 10.3 Å². The number of pyridine rings is 1. The van der Waals surface area contributed by atoms with E-state index in [4.69, 9.17) is 0 Å². The molecule has 0 aliphatic rings. The average Bonchev–Trinajstić information content (AvgIpc) is 2.38. The zero-order chi connectivity index (χ0) is 11.7. The summed E-state index contributed by atoms with van der Waals surface area (Å²) >= 11 is 3.35. The minimum Gasteiger partial charge on any atom is -0.252 e. The van der Waals surface area contributed by atoms with Crippen LogP contribution in [-0.2, 0) is 0 Å². The first kappa shape index (κ1) is 10.4. The van der Waals surface area contributed by atoms with E-state index in [0.29, 0.717) is 0 Å². The highest BCUT2D eigenvalue weighted by Crippen LogP contribution is 2.18. The SMILES string of the molecule is Brc1cccc(-c2cnc3ccccc3n2)n1. The maximum atomic E-state index is 4.54. The van der Waals surface area contributed by atoms with Crippen LogP contribution in [0, 0.1) is 0 Å². The Morgan fingerprint density at radius 1 is 0.765 bits per heavy atom. The van der Waals surface area contributed by atoms with Crippen LogP contribution in [0.4, 0.5) is 0 Å². The summed E-state index contributed by atoms with van der Waals surface area (Å²) in [5, 5.41) is 0. The predicted molar refractivity (Wildman–Crippen MR) is 70.5 cm³/mol. The van der Waals surface area contributed by atoms with Gasteiger partial charge in [-0.1, -0.05) is 18.2 Å². The van der Waals surface area contributed by atoms with Gasteiger partial charge < -0.3 is 0 Å². The van der Waals surface area contributed by atoms with E-state index in [1.165, 1.54) is 0 Å². The van der Waals surface area contributed by atoms with Gasteiger partial charge in [0.25, 0.3) is 0 Å². The van der Waals surface area contributed by atoms with Crippen molar-refractivity contribution in [3.63, 3.8) is 0 Å². The molecule has 0 N–H and O–H groups in total. The van der Waals surface area contributed by atoms with Crippen molar-refractivity contribution in [3.05, 3.63) is 53.3 Å². The Kier molecular flexibility index (Phi) is 2.57. The Labute approximate surface area is 107 Å². The van der Waals surface area contributed by atoms with Gasteiger partial charge in [-0.3, -0.25) is 4.98 Å². The molecule has 3 rings (SSSR count). The lowest BCUT2D eigenvalue weighted by atomic mass is 10.2. The van der Waals surface area contributed by atoms with Crippen molar-refractivity contribution in [1.29, 1.82) is 0 Å². The second-order valence-electron chi connectivity index (χ2n) is 3.59. The van der Waals surface area contributed by atoms with E-state index in [2.05, 4.69) is 30.9 Å². The van der Waals surface area contributed by atoms with Crippen molar-refractivity contribution in [1.82, 2.24) is 15.0 Å². The molecule has 3 aromatic rings. The first-order chi connectivity index (χ1) is 8.33. The third-order valence-corrected chi connectivity index (χ3v) is 2.87. The van der Waals surface area contributed by atoms with Gasteiger partial charge in [0.2, 0.25) is 0 Å². The van der Waals surface area contributed by atoms with E-state index < -0.39 is 0 Å². The van der Waals surface area contributed by atoms with E-state index >= 15 is 0 Å². The number of aromatic nitrogens is 3. The van der Waals surface area contributed by atoms with Crippen LogP contribution >= 0.6 is 15.9 Å². The summed E-state index contributed by atoms with van der Waals surface area (Å²) in [6, 6.07) is 13.5. The van der Waals surface area contributed by atoms with Gasteiger partial charge >= 0.3 is 0 Å². The summed E-state index contributed by atoms with van der Waals surface area (Å²) in [6.45, 7) is 0. The number of halogens is 1. The van der Waals surface area contributed by atoms with Gasteiger partial charge in [-0.05, 0) is 40.2 Å². The number of para-hydroxylation sites is 2. The molecule has 82 valence electrons. The van der Waals surface area contributed by atoms with Gasteiger partial charge in [-0.15, -0.1) is 0 Å². The minimum atomic E-state index is 0.782. The topological polar surface area (TPSA) is 38.7 Å². The first-order valence-electron chi connectivity index (χ1n) is 5.18. The molecule has 0 amide bonds. The summed E-state index contributed by atoms with van der Waals surface area (Å²) in [5.74, 6) is 0. The van der Waals surface area contributed by atoms with Crippen LogP contribution in [0.5, 0.6) is 0 Å². The van der Waals surface area contributed by atoms with Crippen molar-refractivity contribution < 1.29 is 0 Å². The number of rotatable bonds is 1. The largest absolute Gasteiger partial charge is 0.252 e. The maximum absolute atomic E-state index is 4.54. The normalized spacial score (nSPS) is 10.6. The molecule has 1 aromatic carbocycles. The average molecular weight is 286 g/mol. The van der Waals surface area contributed by atoms with Crippen LogP contribution in [0.2, 0.25) is 0 Å². The van der Waals surface area contributed by atoms with Gasteiger partial charge in [0, 0.05) is 0 Å². The van der Waals surface area contributed by atoms with Gasteiger partial charge in [-0.25, -0.2) is 9.97 Å². The fraction of sp³-hybridized carbons (Fsp3) is 0. The standard InChI is InChI=1S/C13H8BrN3/c14-13-7-3-6-11(17-13)12-8-15-9-4-1-2-5-10(9)16-12/h1-8H. The fourth-order valence-corrected chi connectivity index (χ4v) is 1.98. The summed E-state index contributed by atoms with van der Waals surface area (Å²) in [5.41, 5.74) is 3.38. The molecule has 2 aromatic heterocycles. The second kappa shape index (κ2) is 4.22. The van der Waals surface area contributed by atoms with Gasteiger partial charge in [-0.2, -0.15) is 0 Å².